The lowest BCUT2D eigenvalue weighted by Crippen LogP contribution is -2.39. The zero-order chi connectivity index (χ0) is 22.9. The highest BCUT2D eigenvalue weighted by molar-refractivity contribution is 5.93. The Hall–Kier alpha value is -4.05. The molecule has 3 heterocycles. The number of aromatic nitrogens is 3. The molecule has 0 atom stereocenters. The van der Waals surface area contributed by atoms with Crippen LogP contribution in [0.4, 0.5) is 0 Å². The minimum atomic E-state index is 0.791. The first-order valence-electron chi connectivity index (χ1n) is 11.1. The quantitative estimate of drug-likeness (QED) is 0.374. The molecular formula is C29H28N3O+3. The van der Waals surface area contributed by atoms with E-state index in [1.165, 1.54) is 22.0 Å². The number of pyridine rings is 3. The molecule has 0 fully saturated rings. The molecule has 0 saturated heterocycles. The van der Waals surface area contributed by atoms with E-state index in [2.05, 4.69) is 108 Å². The molecule has 0 amide bonds. The van der Waals surface area contributed by atoms with Crippen LogP contribution in [0.15, 0.2) is 97.3 Å². The number of hydrogen-bond acceptors (Lipinski definition) is 1. The van der Waals surface area contributed by atoms with Crippen molar-refractivity contribution >= 4 is 10.8 Å². The summed E-state index contributed by atoms with van der Waals surface area (Å²) in [4.78, 5) is 0. The van der Waals surface area contributed by atoms with E-state index in [4.69, 9.17) is 4.74 Å². The van der Waals surface area contributed by atoms with Gasteiger partial charge in [-0.05, 0) is 42.6 Å². The number of fused-ring (bicyclic) bond motifs is 1. The molecule has 4 heteroatoms. The number of benzene rings is 2. The third-order valence-corrected chi connectivity index (χ3v) is 6.30. The van der Waals surface area contributed by atoms with E-state index in [-0.39, 0.29) is 0 Å². The summed E-state index contributed by atoms with van der Waals surface area (Å²) < 4.78 is 12.9. The van der Waals surface area contributed by atoms with Gasteiger partial charge >= 0.3 is 5.88 Å². The average molecular weight is 435 g/mol. The number of hydrogen-bond donors (Lipinski definition) is 0. The molecule has 0 saturated carbocycles. The van der Waals surface area contributed by atoms with Crippen LogP contribution in [0.1, 0.15) is 5.56 Å². The molecule has 0 N–H and O–H groups in total. The Labute approximate surface area is 194 Å². The van der Waals surface area contributed by atoms with Gasteiger partial charge in [-0.25, -0.2) is 4.57 Å². The van der Waals surface area contributed by atoms with E-state index in [1.807, 2.05) is 31.3 Å². The fraction of sp³-hybridized carbons (Fsp3) is 0.138. The van der Waals surface area contributed by atoms with Crippen LogP contribution in [0.2, 0.25) is 0 Å². The summed E-state index contributed by atoms with van der Waals surface area (Å²) in [5, 5.41) is 2.46. The molecule has 0 spiro atoms. The molecule has 162 valence electrons. The SMILES string of the molecule is Cc1c(Oc2cccc(-c3cccc[n+]3C)[n+]2C)cccc1-c1c2ccccc2cc[n+]1C. The zero-order valence-electron chi connectivity index (χ0n) is 19.5. The number of rotatable bonds is 4. The fourth-order valence-electron chi connectivity index (χ4n) is 4.46. The van der Waals surface area contributed by atoms with E-state index in [1.54, 1.807) is 0 Å². The zero-order valence-corrected chi connectivity index (χ0v) is 19.5. The van der Waals surface area contributed by atoms with E-state index in [0.717, 1.165) is 28.6 Å². The fourth-order valence-corrected chi connectivity index (χ4v) is 4.46. The van der Waals surface area contributed by atoms with Crippen LogP contribution >= 0.6 is 0 Å². The van der Waals surface area contributed by atoms with Crippen molar-refractivity contribution in [2.24, 2.45) is 21.1 Å². The van der Waals surface area contributed by atoms with Crippen LogP contribution in [-0.2, 0) is 21.1 Å². The Morgan fingerprint density at radius 1 is 0.636 bits per heavy atom. The molecule has 0 unspecified atom stereocenters. The highest BCUT2D eigenvalue weighted by atomic mass is 16.5. The van der Waals surface area contributed by atoms with Crippen LogP contribution in [0.5, 0.6) is 11.6 Å². The third-order valence-electron chi connectivity index (χ3n) is 6.30. The lowest BCUT2D eigenvalue weighted by Gasteiger charge is -2.12. The summed E-state index contributed by atoms with van der Waals surface area (Å²) in [7, 11) is 6.19. The van der Waals surface area contributed by atoms with Crippen LogP contribution in [0, 0.1) is 6.92 Å². The lowest BCUT2D eigenvalue weighted by atomic mass is 9.99. The van der Waals surface area contributed by atoms with Gasteiger partial charge in [-0.2, -0.15) is 9.13 Å². The molecular weight excluding hydrogens is 406 g/mol. The minimum Gasteiger partial charge on any atom is -0.405 e. The molecule has 0 radical (unpaired) electrons. The van der Waals surface area contributed by atoms with Crippen molar-refractivity contribution in [3.8, 4) is 34.3 Å². The van der Waals surface area contributed by atoms with Gasteiger partial charge in [0.1, 0.15) is 26.9 Å². The van der Waals surface area contributed by atoms with Gasteiger partial charge in [-0.3, -0.25) is 0 Å². The largest absolute Gasteiger partial charge is 0.405 e. The van der Waals surface area contributed by atoms with Gasteiger partial charge in [0.15, 0.2) is 12.4 Å². The van der Waals surface area contributed by atoms with Gasteiger partial charge in [-0.1, -0.05) is 24.3 Å². The van der Waals surface area contributed by atoms with Gasteiger partial charge in [0.25, 0.3) is 11.4 Å². The summed E-state index contributed by atoms with van der Waals surface area (Å²) >= 11 is 0. The maximum Gasteiger partial charge on any atom is 0.373 e. The summed E-state index contributed by atoms with van der Waals surface area (Å²) in [5.41, 5.74) is 5.68. The smallest absolute Gasteiger partial charge is 0.373 e. The standard InChI is InChI=1S/C29H28N3O/c1-21-23(29-24-12-6-5-11-22(24)18-20-31(29)3)13-9-16-27(21)33-28-17-10-15-26(32(28)4)25-14-7-8-19-30(25)2/h5-20H,1-4H3/q+3. The molecule has 2 aromatic carbocycles. The monoisotopic (exact) mass is 434 g/mol. The maximum atomic E-state index is 6.50. The summed E-state index contributed by atoms with van der Waals surface area (Å²) in [6, 6.07) is 29.3. The lowest BCUT2D eigenvalue weighted by molar-refractivity contribution is -0.692. The predicted octanol–water partition coefficient (Wildman–Crippen LogP) is 4.75. The highest BCUT2D eigenvalue weighted by Crippen LogP contribution is 2.34. The third kappa shape index (κ3) is 3.74. The number of nitrogens with zero attached hydrogens (tertiary/aromatic N) is 3. The van der Waals surface area contributed by atoms with Crippen molar-refractivity contribution in [2.75, 3.05) is 0 Å². The number of aryl methyl sites for hydroxylation is 2. The predicted molar refractivity (Wildman–Crippen MR) is 130 cm³/mol. The summed E-state index contributed by atoms with van der Waals surface area (Å²) in [6.07, 6.45) is 4.18. The maximum absolute atomic E-state index is 6.50. The topological polar surface area (TPSA) is 20.9 Å². The molecule has 5 aromatic rings. The van der Waals surface area contributed by atoms with Gasteiger partial charge < -0.3 is 4.74 Å². The first kappa shape index (κ1) is 20.8. The molecule has 0 aliphatic carbocycles. The van der Waals surface area contributed by atoms with Crippen molar-refractivity contribution in [2.45, 2.75) is 6.92 Å². The van der Waals surface area contributed by atoms with Gasteiger partial charge in [-0.15, -0.1) is 0 Å². The van der Waals surface area contributed by atoms with Crippen molar-refractivity contribution in [1.82, 2.24) is 0 Å². The van der Waals surface area contributed by atoms with Crippen LogP contribution in [0.25, 0.3) is 33.4 Å². The second kappa shape index (κ2) is 8.47. The van der Waals surface area contributed by atoms with Gasteiger partial charge in [0, 0.05) is 29.8 Å². The average Bonchev–Trinajstić information content (AvgIpc) is 2.83. The van der Waals surface area contributed by atoms with Crippen molar-refractivity contribution in [3.63, 3.8) is 0 Å². The Bertz CT molecular complexity index is 1490. The molecule has 3 aromatic heterocycles. The first-order chi connectivity index (χ1) is 16.0. The summed E-state index contributed by atoms with van der Waals surface area (Å²) in [5.74, 6) is 1.64. The van der Waals surface area contributed by atoms with Crippen LogP contribution < -0.4 is 18.4 Å². The Morgan fingerprint density at radius 3 is 2.24 bits per heavy atom. The molecule has 4 nitrogen and oxygen atoms in total. The van der Waals surface area contributed by atoms with E-state index in [9.17, 15) is 0 Å². The molecule has 0 aliphatic rings. The molecule has 5 rings (SSSR count). The molecule has 33 heavy (non-hydrogen) atoms. The minimum absolute atomic E-state index is 0.791. The summed E-state index contributed by atoms with van der Waals surface area (Å²) in [6.45, 7) is 2.13. The van der Waals surface area contributed by atoms with Crippen LogP contribution in [0.3, 0.4) is 0 Å². The molecule has 0 bridgehead atoms. The van der Waals surface area contributed by atoms with Crippen molar-refractivity contribution in [1.29, 1.82) is 0 Å². The van der Waals surface area contributed by atoms with Crippen molar-refractivity contribution in [3.05, 3.63) is 103 Å². The van der Waals surface area contributed by atoms with E-state index < -0.39 is 0 Å². The molecule has 0 aliphatic heterocycles. The van der Waals surface area contributed by atoms with Crippen LogP contribution in [-0.4, -0.2) is 0 Å². The second-order valence-corrected chi connectivity index (χ2v) is 8.40. The van der Waals surface area contributed by atoms with E-state index in [0.29, 0.717) is 0 Å². The first-order valence-corrected chi connectivity index (χ1v) is 11.1. The van der Waals surface area contributed by atoms with E-state index >= 15 is 0 Å². The second-order valence-electron chi connectivity index (χ2n) is 8.40. The van der Waals surface area contributed by atoms with Gasteiger partial charge in [0.05, 0.1) is 17.0 Å². The van der Waals surface area contributed by atoms with Gasteiger partial charge in [0.2, 0.25) is 5.69 Å². The Morgan fingerprint density at radius 2 is 1.39 bits per heavy atom. The Kier molecular flexibility index (Phi) is 5.35. The van der Waals surface area contributed by atoms with Crippen molar-refractivity contribution < 1.29 is 18.4 Å². The normalized spacial score (nSPS) is 11.0. The Balaban J connectivity index is 1.60. The number of ether oxygens (including phenoxy) is 1. The highest BCUT2D eigenvalue weighted by Gasteiger charge is 2.24.